The third-order valence-electron chi connectivity index (χ3n) is 3.61. The van der Waals surface area contributed by atoms with E-state index >= 15 is 0 Å². The molecule has 1 aromatic carbocycles. The highest BCUT2D eigenvalue weighted by atomic mass is 16.3. The summed E-state index contributed by atoms with van der Waals surface area (Å²) in [6, 6.07) is 8.75. The minimum absolute atomic E-state index is 0.120. The molecular weight excluding hydrogens is 212 g/mol. The van der Waals surface area contributed by atoms with Crippen LogP contribution in [0.1, 0.15) is 30.4 Å². The molecule has 3 heteroatoms. The fraction of sp³-hybridized carbons (Fsp3) is 0.571. The predicted molar refractivity (Wildman–Crippen MR) is 69.5 cm³/mol. The molecule has 1 heterocycles. The van der Waals surface area contributed by atoms with E-state index in [1.54, 1.807) is 0 Å². The zero-order valence-electron chi connectivity index (χ0n) is 10.3. The second-order valence-electron chi connectivity index (χ2n) is 4.83. The zero-order chi connectivity index (χ0) is 12.1. The molecule has 0 aliphatic carbocycles. The number of benzene rings is 1. The smallest absolute Gasteiger partial charge is 0.0681 e. The fourth-order valence-corrected chi connectivity index (χ4v) is 2.52. The van der Waals surface area contributed by atoms with Crippen molar-refractivity contribution in [2.75, 3.05) is 13.1 Å². The monoisotopic (exact) mass is 234 g/mol. The Morgan fingerprint density at radius 2 is 1.88 bits per heavy atom. The number of likely N-dealkylation sites (tertiary alicyclic amines) is 1. The van der Waals surface area contributed by atoms with Crippen molar-refractivity contribution >= 4 is 0 Å². The first-order valence-corrected chi connectivity index (χ1v) is 6.46. The Balaban J connectivity index is 1.98. The molecule has 1 atom stereocenters. The van der Waals surface area contributed by atoms with Crippen LogP contribution in [0.15, 0.2) is 24.3 Å². The Bertz CT molecular complexity index is 337. The van der Waals surface area contributed by atoms with Crippen LogP contribution < -0.4 is 5.73 Å². The lowest BCUT2D eigenvalue weighted by molar-refractivity contribution is 0.145. The summed E-state index contributed by atoms with van der Waals surface area (Å²) < 4.78 is 0. The second kappa shape index (κ2) is 6.15. The Labute approximate surface area is 103 Å². The summed E-state index contributed by atoms with van der Waals surface area (Å²) in [7, 11) is 0. The molecule has 1 aromatic rings. The van der Waals surface area contributed by atoms with E-state index in [0.29, 0.717) is 6.04 Å². The molecule has 1 aliphatic heterocycles. The van der Waals surface area contributed by atoms with Crippen LogP contribution in [0.3, 0.4) is 0 Å². The molecule has 1 fully saturated rings. The average Bonchev–Trinajstić information content (AvgIpc) is 2.40. The molecule has 0 radical (unpaired) electrons. The summed E-state index contributed by atoms with van der Waals surface area (Å²) in [5, 5.41) is 9.00. The van der Waals surface area contributed by atoms with Crippen molar-refractivity contribution in [3.8, 4) is 0 Å². The maximum absolute atomic E-state index is 9.00. The van der Waals surface area contributed by atoms with Crippen molar-refractivity contribution in [3.63, 3.8) is 0 Å². The van der Waals surface area contributed by atoms with E-state index in [1.807, 2.05) is 12.1 Å². The van der Waals surface area contributed by atoms with Gasteiger partial charge in [-0.15, -0.1) is 0 Å². The number of hydrogen-bond donors (Lipinski definition) is 2. The van der Waals surface area contributed by atoms with Crippen molar-refractivity contribution in [1.82, 2.24) is 4.90 Å². The third kappa shape index (κ3) is 3.28. The molecule has 3 N–H and O–H groups in total. The first kappa shape index (κ1) is 12.6. The van der Waals surface area contributed by atoms with Crippen LogP contribution in [0.5, 0.6) is 0 Å². The first-order valence-electron chi connectivity index (χ1n) is 6.46. The lowest BCUT2D eigenvalue weighted by Gasteiger charge is -2.35. The van der Waals surface area contributed by atoms with Crippen LogP contribution in [0.25, 0.3) is 0 Å². The third-order valence-corrected chi connectivity index (χ3v) is 3.61. The minimum Gasteiger partial charge on any atom is -0.392 e. The number of rotatable bonds is 4. The lowest BCUT2D eigenvalue weighted by atomic mass is 10.0. The largest absolute Gasteiger partial charge is 0.392 e. The van der Waals surface area contributed by atoms with E-state index in [4.69, 9.17) is 10.8 Å². The van der Waals surface area contributed by atoms with Gasteiger partial charge in [-0.1, -0.05) is 30.7 Å². The number of aliphatic hydroxyl groups excluding tert-OH is 1. The number of aliphatic hydroxyl groups is 1. The summed E-state index contributed by atoms with van der Waals surface area (Å²) >= 11 is 0. The molecule has 0 amide bonds. The van der Waals surface area contributed by atoms with Crippen molar-refractivity contribution in [1.29, 1.82) is 0 Å². The predicted octanol–water partition coefficient (Wildman–Crippen LogP) is 1.49. The Morgan fingerprint density at radius 3 is 2.53 bits per heavy atom. The summed E-state index contributed by atoms with van der Waals surface area (Å²) in [5.41, 5.74) is 8.10. The van der Waals surface area contributed by atoms with Crippen LogP contribution in [0.2, 0.25) is 0 Å². The maximum Gasteiger partial charge on any atom is 0.0681 e. The first-order chi connectivity index (χ1) is 8.33. The molecule has 94 valence electrons. The van der Waals surface area contributed by atoms with Crippen molar-refractivity contribution in [3.05, 3.63) is 35.4 Å². The van der Waals surface area contributed by atoms with E-state index in [1.165, 1.54) is 24.8 Å². The minimum atomic E-state index is 0.120. The quantitative estimate of drug-likeness (QED) is 0.830. The van der Waals surface area contributed by atoms with Crippen LogP contribution in [0, 0.1) is 0 Å². The zero-order valence-corrected chi connectivity index (χ0v) is 10.3. The van der Waals surface area contributed by atoms with Crippen LogP contribution >= 0.6 is 0 Å². The van der Waals surface area contributed by atoms with Crippen molar-refractivity contribution in [2.45, 2.75) is 38.5 Å². The Hall–Kier alpha value is -0.900. The summed E-state index contributed by atoms with van der Waals surface area (Å²) in [6.07, 6.45) is 3.82. The van der Waals surface area contributed by atoms with Gasteiger partial charge in [-0.05, 0) is 30.5 Å². The number of nitrogens with zero attached hydrogens (tertiary/aromatic N) is 1. The van der Waals surface area contributed by atoms with E-state index in [-0.39, 0.29) is 6.61 Å². The molecule has 3 nitrogen and oxygen atoms in total. The molecule has 0 bridgehead atoms. The van der Waals surface area contributed by atoms with Gasteiger partial charge < -0.3 is 10.8 Å². The standard InChI is InChI=1S/C14H22N2O/c15-9-14-3-1-2-8-16(14)10-12-4-6-13(11-17)7-5-12/h4-7,14,17H,1-3,8-11,15H2. The van der Waals surface area contributed by atoms with Gasteiger partial charge in [0.1, 0.15) is 0 Å². The molecule has 0 saturated carbocycles. The summed E-state index contributed by atoms with van der Waals surface area (Å²) in [6.45, 7) is 3.02. The molecule has 1 aliphatic rings. The average molecular weight is 234 g/mol. The van der Waals surface area contributed by atoms with E-state index in [0.717, 1.165) is 25.2 Å². The Morgan fingerprint density at radius 1 is 1.18 bits per heavy atom. The molecule has 1 saturated heterocycles. The highest BCUT2D eigenvalue weighted by Gasteiger charge is 2.20. The van der Waals surface area contributed by atoms with Gasteiger partial charge in [0.25, 0.3) is 0 Å². The van der Waals surface area contributed by atoms with E-state index in [2.05, 4.69) is 17.0 Å². The fourth-order valence-electron chi connectivity index (χ4n) is 2.52. The molecule has 2 rings (SSSR count). The molecule has 0 spiro atoms. The molecule has 0 aromatic heterocycles. The highest BCUT2D eigenvalue weighted by Crippen LogP contribution is 2.19. The van der Waals surface area contributed by atoms with Gasteiger partial charge in [0, 0.05) is 19.1 Å². The lowest BCUT2D eigenvalue weighted by Crippen LogP contribution is -2.43. The second-order valence-corrected chi connectivity index (χ2v) is 4.83. The van der Waals surface area contributed by atoms with Crippen LogP contribution in [-0.4, -0.2) is 29.1 Å². The van der Waals surface area contributed by atoms with Crippen molar-refractivity contribution in [2.24, 2.45) is 5.73 Å². The van der Waals surface area contributed by atoms with Crippen LogP contribution in [0.4, 0.5) is 0 Å². The number of hydrogen-bond acceptors (Lipinski definition) is 3. The molecule has 1 unspecified atom stereocenters. The topological polar surface area (TPSA) is 49.5 Å². The van der Waals surface area contributed by atoms with Gasteiger partial charge >= 0.3 is 0 Å². The number of piperidine rings is 1. The SMILES string of the molecule is NCC1CCCCN1Cc1ccc(CO)cc1. The highest BCUT2D eigenvalue weighted by molar-refractivity contribution is 5.22. The molecule has 17 heavy (non-hydrogen) atoms. The van der Waals surface area contributed by atoms with E-state index in [9.17, 15) is 0 Å². The van der Waals surface area contributed by atoms with Gasteiger partial charge in [0.2, 0.25) is 0 Å². The maximum atomic E-state index is 9.00. The van der Waals surface area contributed by atoms with E-state index < -0.39 is 0 Å². The van der Waals surface area contributed by atoms with Gasteiger partial charge in [0.15, 0.2) is 0 Å². The van der Waals surface area contributed by atoms with Gasteiger partial charge in [0.05, 0.1) is 6.61 Å². The van der Waals surface area contributed by atoms with Gasteiger partial charge in [-0.3, -0.25) is 4.90 Å². The molecular formula is C14H22N2O. The van der Waals surface area contributed by atoms with Crippen molar-refractivity contribution < 1.29 is 5.11 Å². The van der Waals surface area contributed by atoms with Gasteiger partial charge in [-0.25, -0.2) is 0 Å². The van der Waals surface area contributed by atoms with Gasteiger partial charge in [-0.2, -0.15) is 0 Å². The van der Waals surface area contributed by atoms with Crippen LogP contribution in [-0.2, 0) is 13.2 Å². The number of nitrogens with two attached hydrogens (primary N) is 1. The Kier molecular flexibility index (Phi) is 4.54. The summed E-state index contributed by atoms with van der Waals surface area (Å²) in [4.78, 5) is 2.48. The normalized spacial score (nSPS) is 21.6. The summed E-state index contributed by atoms with van der Waals surface area (Å²) in [5.74, 6) is 0.